The van der Waals surface area contributed by atoms with Crippen LogP contribution in [0.15, 0.2) is 473 Å². The Bertz CT molecular complexity index is 7420. The average Bonchev–Trinajstić information content (AvgIpc) is 0.673. The molecule has 0 aliphatic carbocycles. The fraction of sp³-hybridized carbons (Fsp3) is 0. The first-order valence-corrected chi connectivity index (χ1v) is 43.5. The molecule has 0 aromatic heterocycles. The summed E-state index contributed by atoms with van der Waals surface area (Å²) in [5, 5.41) is 0. The van der Waals surface area contributed by atoms with E-state index in [1.54, 1.807) is 0 Å². The zero-order valence-electron chi connectivity index (χ0n) is 68.9. The van der Waals surface area contributed by atoms with E-state index < -0.39 is 13.4 Å². The molecule has 0 N–H and O–H groups in total. The van der Waals surface area contributed by atoms with Gasteiger partial charge < -0.3 is 19.3 Å². The van der Waals surface area contributed by atoms with E-state index in [-0.39, 0.29) is 0 Å². The minimum absolute atomic E-state index is 0.408. The SMILES string of the molecule is c1ccc(-c2cccc(-c3cccc(-c4cccc(-c5ccccc5)c4)c3N3c4cc(-c5ccccc5)ccc4B4c5c3cc(-c3ccccc3)cc5N(c3c(-c5cccc(-c6ccccc6)c5)cccc3-c3cccc(-c5ccccc5)c3)c3cc5c6c(c34)Oc3ccc(-c4ccccc4)cc3B6c3cc(-c4ccccc4)cc(-c4ccccc4)c3O5)c2)cc1. The molecule has 4 heterocycles. The van der Waals surface area contributed by atoms with Crippen LogP contribution >= 0.6 is 0 Å². The highest BCUT2D eigenvalue weighted by Crippen LogP contribution is 2.57. The van der Waals surface area contributed by atoms with Gasteiger partial charge in [0.15, 0.2) is 0 Å². The monoisotopic (exact) mass is 1600 g/mol. The number of benzene rings is 20. The van der Waals surface area contributed by atoms with E-state index in [2.05, 4.69) is 483 Å². The molecule has 6 heteroatoms. The predicted molar refractivity (Wildman–Crippen MR) is 529 cm³/mol. The van der Waals surface area contributed by atoms with Gasteiger partial charge >= 0.3 is 0 Å². The zero-order valence-corrected chi connectivity index (χ0v) is 68.9. The van der Waals surface area contributed by atoms with Gasteiger partial charge in [0.1, 0.15) is 23.0 Å². The second kappa shape index (κ2) is 31.0. The lowest BCUT2D eigenvalue weighted by Crippen LogP contribution is -2.65. The summed E-state index contributed by atoms with van der Waals surface area (Å²) in [6.07, 6.45) is 0. The van der Waals surface area contributed by atoms with Gasteiger partial charge in [0.05, 0.1) is 11.4 Å². The number of ether oxygens (including phenoxy) is 2. The van der Waals surface area contributed by atoms with Gasteiger partial charge in [-0.3, -0.25) is 0 Å². The lowest BCUT2D eigenvalue weighted by molar-refractivity contribution is 0.468. The van der Waals surface area contributed by atoms with Crippen molar-refractivity contribution in [1.82, 2.24) is 0 Å². The van der Waals surface area contributed by atoms with Gasteiger partial charge in [-0.15, -0.1) is 0 Å². The van der Waals surface area contributed by atoms with Gasteiger partial charge in [-0.2, -0.15) is 0 Å². The Balaban J connectivity index is 0.874. The number of para-hydroxylation sites is 2. The normalized spacial score (nSPS) is 12.3. The van der Waals surface area contributed by atoms with Gasteiger partial charge in [-0.05, 0) is 199 Å². The minimum Gasteiger partial charge on any atom is -0.459 e. The fourth-order valence-corrected chi connectivity index (χ4v) is 20.1. The molecule has 0 atom stereocenters. The fourth-order valence-electron chi connectivity index (χ4n) is 20.1. The average molecular weight is 1600 g/mol. The van der Waals surface area contributed by atoms with Crippen LogP contribution in [0, 0.1) is 0 Å². The third-order valence-electron chi connectivity index (χ3n) is 25.9. The van der Waals surface area contributed by atoms with E-state index in [4.69, 9.17) is 9.47 Å². The molecule has 586 valence electrons. The summed E-state index contributed by atoms with van der Waals surface area (Å²) in [7, 11) is 0. The topological polar surface area (TPSA) is 24.9 Å². The maximum absolute atomic E-state index is 8.35. The molecule has 0 saturated carbocycles. The van der Waals surface area contributed by atoms with Crippen molar-refractivity contribution in [2.45, 2.75) is 0 Å². The van der Waals surface area contributed by atoms with Crippen molar-refractivity contribution in [3.63, 3.8) is 0 Å². The van der Waals surface area contributed by atoms with Crippen molar-refractivity contribution in [3.8, 4) is 168 Å². The van der Waals surface area contributed by atoms with Crippen LogP contribution < -0.4 is 52.1 Å². The quantitative estimate of drug-likeness (QED) is 0.0955. The van der Waals surface area contributed by atoms with Crippen molar-refractivity contribution in [3.05, 3.63) is 473 Å². The summed E-state index contributed by atoms with van der Waals surface area (Å²) in [4.78, 5) is 5.34. The third kappa shape index (κ3) is 12.8. The summed E-state index contributed by atoms with van der Waals surface area (Å²) < 4.78 is 16.6. The minimum atomic E-state index is -0.512. The first-order chi connectivity index (χ1) is 62.5. The molecule has 0 fully saturated rings. The summed E-state index contributed by atoms with van der Waals surface area (Å²) in [5.74, 6) is 3.07. The lowest BCUT2D eigenvalue weighted by atomic mass is 9.30. The standard InChI is InChI=1S/C120H78B2N2O2/c1-10-34-79(35-11-1)88-52-28-56-94(68-88)100-60-32-61-101(95-57-29-53-89(69-95)80-36-12-2-13-37-80)117(100)123-108-75-93(84-44-20-6-21-45-84)64-66-105(108)122-114-109(123)76-99(86-48-24-8-25-49-86)77-110(114)124(118-102(96-58-30-54-90(70-96)81-38-14-3-15-39-81)62-33-63-103(118)97-59-31-55-91(71-97)82-40-16-4-17-41-82)111-78-113-116-120(115(111)122)125-112-67-65-92(83-42-18-5-19-43-83)73-106(112)121(116)107-74-98(85-46-22-7-23-47-85)72-104(119(107)126-113)87-50-26-9-27-51-87/h1-78H. The number of hydrogen-bond donors (Lipinski definition) is 0. The van der Waals surface area contributed by atoms with Crippen LogP contribution in [0.2, 0.25) is 0 Å². The Hall–Kier alpha value is -16.3. The Kier molecular flexibility index (Phi) is 18.1. The highest BCUT2D eigenvalue weighted by Gasteiger charge is 2.52. The highest BCUT2D eigenvalue weighted by atomic mass is 16.5. The summed E-state index contributed by atoms with van der Waals surface area (Å²) in [6, 6.07) is 175. The smallest absolute Gasteiger partial charge is 0.260 e. The first kappa shape index (κ1) is 73.6. The summed E-state index contributed by atoms with van der Waals surface area (Å²) in [6.45, 7) is -0.920. The molecule has 0 radical (unpaired) electrons. The predicted octanol–water partition coefficient (Wildman–Crippen LogP) is 28.2. The van der Waals surface area contributed by atoms with Crippen molar-refractivity contribution in [1.29, 1.82) is 0 Å². The van der Waals surface area contributed by atoms with E-state index in [0.717, 1.165) is 235 Å². The van der Waals surface area contributed by atoms with Gasteiger partial charge in [0.25, 0.3) is 13.4 Å². The molecule has 24 rings (SSSR count). The molecule has 4 nitrogen and oxygen atoms in total. The third-order valence-corrected chi connectivity index (χ3v) is 25.9. The van der Waals surface area contributed by atoms with Crippen LogP contribution in [0.5, 0.6) is 23.0 Å². The van der Waals surface area contributed by atoms with Gasteiger partial charge in [-0.25, -0.2) is 0 Å². The van der Waals surface area contributed by atoms with Crippen LogP contribution in [0.25, 0.3) is 145 Å². The van der Waals surface area contributed by atoms with Crippen LogP contribution in [0.3, 0.4) is 0 Å². The second-order valence-electron chi connectivity index (χ2n) is 33.2. The number of fused-ring (bicyclic) bond motifs is 9. The lowest BCUT2D eigenvalue weighted by Gasteiger charge is -2.47. The van der Waals surface area contributed by atoms with E-state index in [1.165, 1.54) is 0 Å². The maximum atomic E-state index is 8.35. The first-order valence-electron chi connectivity index (χ1n) is 43.5. The van der Waals surface area contributed by atoms with Gasteiger partial charge in [0, 0.05) is 62.1 Å². The van der Waals surface area contributed by atoms with E-state index >= 15 is 0 Å². The number of hydrogen-bond acceptors (Lipinski definition) is 4. The number of rotatable bonds is 15. The molecule has 126 heavy (non-hydrogen) atoms. The van der Waals surface area contributed by atoms with Crippen LogP contribution in [0.1, 0.15) is 0 Å². The molecular formula is C120H78B2N2O2. The van der Waals surface area contributed by atoms with Crippen molar-refractivity contribution < 1.29 is 9.47 Å². The molecule has 0 amide bonds. The van der Waals surface area contributed by atoms with Gasteiger partial charge in [-0.1, -0.05) is 413 Å². The molecule has 20 aromatic carbocycles. The zero-order chi connectivity index (χ0) is 83.1. The molecular weight excluding hydrogens is 1520 g/mol. The molecule has 4 aliphatic heterocycles. The molecule has 4 aliphatic rings. The van der Waals surface area contributed by atoms with Crippen molar-refractivity contribution in [2.24, 2.45) is 0 Å². The van der Waals surface area contributed by atoms with Crippen LogP contribution in [-0.2, 0) is 0 Å². The second-order valence-corrected chi connectivity index (χ2v) is 33.2. The molecule has 0 saturated heterocycles. The van der Waals surface area contributed by atoms with E-state index in [1.807, 2.05) is 0 Å². The molecule has 0 spiro atoms. The Labute approximate surface area is 735 Å². The Morgan fingerprint density at radius 2 is 0.444 bits per heavy atom. The van der Waals surface area contributed by atoms with Crippen LogP contribution in [-0.4, -0.2) is 13.4 Å². The van der Waals surface area contributed by atoms with Crippen molar-refractivity contribution in [2.75, 3.05) is 9.80 Å². The number of nitrogens with zero attached hydrogens (tertiary/aromatic N) is 2. The summed E-state index contributed by atoms with van der Waals surface area (Å²) in [5.41, 5.74) is 40.7. The molecule has 0 unspecified atom stereocenters. The van der Waals surface area contributed by atoms with E-state index in [0.29, 0.717) is 0 Å². The Morgan fingerprint density at radius 1 is 0.151 bits per heavy atom. The van der Waals surface area contributed by atoms with Crippen molar-refractivity contribution >= 4 is 80.3 Å². The van der Waals surface area contributed by atoms with Gasteiger partial charge in [0.2, 0.25) is 0 Å². The number of anilines is 6. The van der Waals surface area contributed by atoms with E-state index in [9.17, 15) is 0 Å². The Morgan fingerprint density at radius 3 is 0.849 bits per heavy atom. The largest absolute Gasteiger partial charge is 0.459 e. The van der Waals surface area contributed by atoms with Crippen LogP contribution in [0.4, 0.5) is 34.1 Å². The summed E-state index contributed by atoms with van der Waals surface area (Å²) >= 11 is 0. The maximum Gasteiger partial charge on any atom is 0.260 e. The molecule has 20 aromatic rings. The highest BCUT2D eigenvalue weighted by molar-refractivity contribution is 7.03. The molecule has 0 bridgehead atoms.